The van der Waals surface area contributed by atoms with Gasteiger partial charge in [0.15, 0.2) is 11.5 Å². The van der Waals surface area contributed by atoms with Crippen LogP contribution in [0.3, 0.4) is 0 Å². The van der Waals surface area contributed by atoms with Crippen molar-refractivity contribution in [3.8, 4) is 34.1 Å². The maximum absolute atomic E-state index is 13.5. The van der Waals surface area contributed by atoms with Crippen LogP contribution in [0.15, 0.2) is 52.4 Å². The molecule has 4 rings (SSSR count). The number of rotatable bonds is 5. The molecule has 8 heteroatoms. The highest BCUT2D eigenvalue weighted by atomic mass is 16.7. The minimum atomic E-state index is -0.639. The van der Waals surface area contributed by atoms with E-state index in [0.29, 0.717) is 22.6 Å². The van der Waals surface area contributed by atoms with Gasteiger partial charge in [-0.15, -0.1) is 6.58 Å². The second kappa shape index (κ2) is 7.98. The van der Waals surface area contributed by atoms with Gasteiger partial charge in [-0.1, -0.05) is 12.1 Å². The third-order valence-electron chi connectivity index (χ3n) is 4.61. The molecule has 1 aromatic heterocycles. The summed E-state index contributed by atoms with van der Waals surface area (Å²) >= 11 is 0. The maximum Gasteiger partial charge on any atom is 0.308 e. The van der Waals surface area contributed by atoms with Crippen LogP contribution in [-0.2, 0) is 16.0 Å². The van der Waals surface area contributed by atoms with Gasteiger partial charge in [0.1, 0.15) is 28.7 Å². The summed E-state index contributed by atoms with van der Waals surface area (Å²) in [6.07, 6.45) is 3.15. The maximum atomic E-state index is 13.5. The highest BCUT2D eigenvalue weighted by molar-refractivity contribution is 5.93. The van der Waals surface area contributed by atoms with Gasteiger partial charge < -0.3 is 23.4 Å². The normalized spacial score (nSPS) is 11.9. The van der Waals surface area contributed by atoms with Crippen molar-refractivity contribution >= 4 is 22.9 Å². The molecule has 0 unspecified atom stereocenters. The molecule has 0 aliphatic carbocycles. The predicted molar refractivity (Wildman–Crippen MR) is 111 cm³/mol. The SMILES string of the molecule is C=CCc1c(OC(C)=O)cc(OC(C)=O)c2c(=O)c(-c3ccc4c(c3)OCO4)coc12. The zero-order valence-corrected chi connectivity index (χ0v) is 16.9. The lowest BCUT2D eigenvalue weighted by molar-refractivity contribution is -0.132. The molecule has 0 saturated heterocycles. The molecule has 0 N–H and O–H groups in total. The zero-order valence-electron chi connectivity index (χ0n) is 16.9. The molecule has 158 valence electrons. The third kappa shape index (κ3) is 3.75. The van der Waals surface area contributed by atoms with E-state index in [4.69, 9.17) is 23.4 Å². The number of allylic oxidation sites excluding steroid dienone is 1. The molecular weight excluding hydrogens is 404 g/mol. The molecule has 0 bridgehead atoms. The van der Waals surface area contributed by atoms with Gasteiger partial charge in [0.25, 0.3) is 0 Å². The number of hydrogen-bond acceptors (Lipinski definition) is 8. The van der Waals surface area contributed by atoms with Crippen LogP contribution in [0.2, 0.25) is 0 Å². The fourth-order valence-corrected chi connectivity index (χ4v) is 3.39. The first kappa shape index (κ1) is 20.2. The lowest BCUT2D eigenvalue weighted by Gasteiger charge is -2.14. The standard InChI is InChI=1S/C23H18O8/c1-4-5-15-18(30-12(2)24)9-20(31-13(3)25)21-22(26)16(10-27-23(15)21)14-6-7-17-19(8-14)29-11-28-17/h4,6-10H,1,5,11H2,2-3H3. The first-order valence-corrected chi connectivity index (χ1v) is 9.38. The molecule has 0 atom stereocenters. The smallest absolute Gasteiger partial charge is 0.308 e. The Kier molecular flexibility index (Phi) is 5.21. The first-order valence-electron chi connectivity index (χ1n) is 9.38. The van der Waals surface area contributed by atoms with Gasteiger partial charge in [0.05, 0.1) is 5.56 Å². The van der Waals surface area contributed by atoms with Gasteiger partial charge in [-0.2, -0.15) is 0 Å². The van der Waals surface area contributed by atoms with Crippen molar-refractivity contribution in [3.05, 3.63) is 59.0 Å². The van der Waals surface area contributed by atoms with Gasteiger partial charge in [-0.05, 0) is 24.1 Å². The van der Waals surface area contributed by atoms with Gasteiger partial charge in [-0.25, -0.2) is 0 Å². The van der Waals surface area contributed by atoms with E-state index >= 15 is 0 Å². The van der Waals surface area contributed by atoms with E-state index in [2.05, 4.69) is 6.58 Å². The number of fused-ring (bicyclic) bond motifs is 2. The Bertz CT molecular complexity index is 1280. The minimum Gasteiger partial charge on any atom is -0.463 e. The van der Waals surface area contributed by atoms with Gasteiger partial charge in [-0.3, -0.25) is 14.4 Å². The summed E-state index contributed by atoms with van der Waals surface area (Å²) in [6.45, 7) is 6.26. The second-order valence-corrected chi connectivity index (χ2v) is 6.78. The van der Waals surface area contributed by atoms with Crippen LogP contribution < -0.4 is 24.4 Å². The Hall–Kier alpha value is -4.07. The van der Waals surface area contributed by atoms with Crippen LogP contribution >= 0.6 is 0 Å². The fourth-order valence-electron chi connectivity index (χ4n) is 3.39. The number of benzene rings is 2. The van der Waals surface area contributed by atoms with Gasteiger partial charge in [0, 0.05) is 25.5 Å². The molecule has 0 amide bonds. The van der Waals surface area contributed by atoms with Crippen LogP contribution in [0.25, 0.3) is 22.1 Å². The van der Waals surface area contributed by atoms with E-state index in [1.807, 2.05) is 0 Å². The molecule has 0 radical (unpaired) electrons. The van der Waals surface area contributed by atoms with Crippen molar-refractivity contribution in [1.29, 1.82) is 0 Å². The zero-order chi connectivity index (χ0) is 22.1. The largest absolute Gasteiger partial charge is 0.463 e. The van der Waals surface area contributed by atoms with Gasteiger partial charge in [0.2, 0.25) is 12.2 Å². The third-order valence-corrected chi connectivity index (χ3v) is 4.61. The topological polar surface area (TPSA) is 101 Å². The lowest BCUT2D eigenvalue weighted by atomic mass is 10.0. The summed E-state index contributed by atoms with van der Waals surface area (Å²) in [7, 11) is 0. The Balaban J connectivity index is 2.00. The Morgan fingerprint density at radius 3 is 2.48 bits per heavy atom. The summed E-state index contributed by atoms with van der Waals surface area (Å²) in [5.74, 6) is -0.0705. The molecular formula is C23H18O8. The van der Waals surface area contributed by atoms with E-state index in [1.54, 1.807) is 24.3 Å². The highest BCUT2D eigenvalue weighted by Crippen LogP contribution is 2.38. The molecule has 0 spiro atoms. The van der Waals surface area contributed by atoms with E-state index < -0.39 is 17.4 Å². The number of hydrogen-bond donors (Lipinski definition) is 0. The molecule has 1 aliphatic heterocycles. The van der Waals surface area contributed by atoms with Crippen LogP contribution in [0, 0.1) is 0 Å². The number of carbonyl (C=O) groups excluding carboxylic acids is 2. The molecule has 2 heterocycles. The highest BCUT2D eigenvalue weighted by Gasteiger charge is 2.23. The summed E-state index contributed by atoms with van der Waals surface area (Å²) in [5.41, 5.74) is 0.942. The van der Waals surface area contributed by atoms with E-state index in [9.17, 15) is 14.4 Å². The van der Waals surface area contributed by atoms with Crippen LogP contribution in [0.5, 0.6) is 23.0 Å². The van der Waals surface area contributed by atoms with Crippen molar-refractivity contribution in [2.24, 2.45) is 0 Å². The summed E-state index contributed by atoms with van der Waals surface area (Å²) in [4.78, 5) is 36.7. The van der Waals surface area contributed by atoms with Crippen LogP contribution in [0.4, 0.5) is 0 Å². The second-order valence-electron chi connectivity index (χ2n) is 6.78. The monoisotopic (exact) mass is 422 g/mol. The summed E-state index contributed by atoms with van der Waals surface area (Å²) in [6, 6.07) is 6.41. The molecule has 31 heavy (non-hydrogen) atoms. The minimum absolute atomic E-state index is 0.0538. The molecule has 0 fully saturated rings. The predicted octanol–water partition coefficient (Wildman–Crippen LogP) is 3.77. The van der Waals surface area contributed by atoms with Gasteiger partial charge >= 0.3 is 11.9 Å². The van der Waals surface area contributed by atoms with Crippen molar-refractivity contribution in [1.82, 2.24) is 0 Å². The molecule has 1 aliphatic rings. The Labute approximate surface area is 176 Å². The quantitative estimate of drug-likeness (QED) is 0.348. The lowest BCUT2D eigenvalue weighted by Crippen LogP contribution is -2.12. The molecule has 0 saturated carbocycles. The van der Waals surface area contributed by atoms with E-state index in [-0.39, 0.29) is 41.2 Å². The van der Waals surface area contributed by atoms with Crippen molar-refractivity contribution in [2.75, 3.05) is 6.79 Å². The van der Waals surface area contributed by atoms with Crippen molar-refractivity contribution in [3.63, 3.8) is 0 Å². The fraction of sp³-hybridized carbons (Fsp3) is 0.174. The molecule has 3 aromatic rings. The molecule has 8 nitrogen and oxygen atoms in total. The molecule has 2 aromatic carbocycles. The number of carbonyl (C=O) groups is 2. The number of esters is 2. The van der Waals surface area contributed by atoms with Crippen molar-refractivity contribution in [2.45, 2.75) is 20.3 Å². The van der Waals surface area contributed by atoms with E-state index in [0.717, 1.165) is 0 Å². The average Bonchev–Trinajstić information content (AvgIpc) is 3.17. The first-order chi connectivity index (χ1) is 14.9. The Morgan fingerprint density at radius 1 is 1.06 bits per heavy atom. The van der Waals surface area contributed by atoms with Crippen LogP contribution in [-0.4, -0.2) is 18.7 Å². The van der Waals surface area contributed by atoms with Crippen LogP contribution in [0.1, 0.15) is 19.4 Å². The van der Waals surface area contributed by atoms with E-state index in [1.165, 1.54) is 26.2 Å². The summed E-state index contributed by atoms with van der Waals surface area (Å²) < 4.78 is 27.0. The number of ether oxygens (including phenoxy) is 4. The average molecular weight is 422 g/mol. The summed E-state index contributed by atoms with van der Waals surface area (Å²) in [5, 5.41) is 0.0538. The Morgan fingerprint density at radius 2 is 1.77 bits per heavy atom. The van der Waals surface area contributed by atoms with Crippen molar-refractivity contribution < 1.29 is 33.0 Å².